The van der Waals surface area contributed by atoms with Crippen molar-refractivity contribution in [1.29, 1.82) is 0 Å². The van der Waals surface area contributed by atoms with Crippen LogP contribution in [0.4, 0.5) is 5.95 Å². The minimum Gasteiger partial charge on any atom is -0.462 e. The molecule has 0 saturated carbocycles. The van der Waals surface area contributed by atoms with E-state index >= 15 is 0 Å². The Morgan fingerprint density at radius 2 is 2.11 bits per heavy atom. The number of anilines is 1. The van der Waals surface area contributed by atoms with E-state index in [1.807, 2.05) is 0 Å². The first-order chi connectivity index (χ1) is 12.7. The summed E-state index contributed by atoms with van der Waals surface area (Å²) >= 11 is 0. The summed E-state index contributed by atoms with van der Waals surface area (Å²) in [5.41, 5.74) is 5.90. The van der Waals surface area contributed by atoms with Crippen molar-refractivity contribution in [3.8, 4) is 0 Å². The summed E-state index contributed by atoms with van der Waals surface area (Å²) in [5, 5.41) is 6.73. The molecule has 2 heterocycles. The maximum atomic E-state index is 12.1. The van der Waals surface area contributed by atoms with Gasteiger partial charge in [-0.1, -0.05) is 0 Å². The molecule has 3 atom stereocenters. The first kappa shape index (κ1) is 21.1. The van der Waals surface area contributed by atoms with Crippen LogP contribution >= 0.6 is 7.95 Å². The van der Waals surface area contributed by atoms with Gasteiger partial charge in [-0.15, -0.1) is 5.10 Å². The van der Waals surface area contributed by atoms with Gasteiger partial charge in [0.1, 0.15) is 12.4 Å². The Bertz CT molecular complexity index is 879. The standard InChI is InChI=1S/C15H25N6O5P/c1-8(2)26-14(23)10(4)20-27(24)7-25-9(3)5-11-6-17-12-13(22)18-15(16)19-21(11)12/h6,8-10,27H,5,7H2,1-4H3,(H,20,24)(H3,16,18,19,22)/t9?,10-/m0/s1. The Morgan fingerprint density at radius 1 is 1.41 bits per heavy atom. The summed E-state index contributed by atoms with van der Waals surface area (Å²) in [6, 6.07) is -0.685. The number of rotatable bonds is 9. The zero-order chi connectivity index (χ0) is 20.1. The van der Waals surface area contributed by atoms with Gasteiger partial charge in [0.15, 0.2) is 7.95 Å². The number of nitrogens with zero attached hydrogens (tertiary/aromatic N) is 3. The van der Waals surface area contributed by atoms with E-state index in [1.165, 1.54) is 10.7 Å². The molecule has 0 aliphatic heterocycles. The average molecular weight is 400 g/mol. The smallest absolute Gasteiger partial charge is 0.323 e. The quantitative estimate of drug-likeness (QED) is 0.398. The van der Waals surface area contributed by atoms with Gasteiger partial charge in [-0.3, -0.25) is 19.7 Å². The third-order valence-electron chi connectivity index (χ3n) is 3.54. The van der Waals surface area contributed by atoms with Gasteiger partial charge >= 0.3 is 5.97 Å². The van der Waals surface area contributed by atoms with Crippen molar-refractivity contribution in [2.24, 2.45) is 0 Å². The van der Waals surface area contributed by atoms with Crippen molar-refractivity contribution in [3.63, 3.8) is 0 Å². The zero-order valence-corrected chi connectivity index (χ0v) is 16.7. The summed E-state index contributed by atoms with van der Waals surface area (Å²) in [5.74, 6) is -0.479. The number of aromatic amines is 1. The second-order valence-corrected chi connectivity index (χ2v) is 7.85. The number of nitrogens with two attached hydrogens (primary N) is 1. The monoisotopic (exact) mass is 400 g/mol. The van der Waals surface area contributed by atoms with E-state index in [0.717, 1.165) is 0 Å². The lowest BCUT2D eigenvalue weighted by Gasteiger charge is -2.16. The molecule has 2 aromatic heterocycles. The number of hydrogen-bond acceptors (Lipinski definition) is 8. The Hall–Kier alpha value is -2.23. The number of nitrogens with one attached hydrogen (secondary N) is 2. The van der Waals surface area contributed by atoms with Gasteiger partial charge in [0.25, 0.3) is 5.56 Å². The average Bonchev–Trinajstić information content (AvgIpc) is 2.95. The Morgan fingerprint density at radius 3 is 2.78 bits per heavy atom. The molecule has 12 heteroatoms. The molecule has 0 aliphatic rings. The largest absolute Gasteiger partial charge is 0.462 e. The van der Waals surface area contributed by atoms with Gasteiger partial charge in [0.2, 0.25) is 11.6 Å². The number of H-pyrrole nitrogens is 1. The fourth-order valence-electron chi connectivity index (χ4n) is 2.34. The molecule has 0 radical (unpaired) electrons. The van der Waals surface area contributed by atoms with Gasteiger partial charge in [0.05, 0.1) is 24.1 Å². The lowest BCUT2D eigenvalue weighted by atomic mass is 10.2. The highest BCUT2D eigenvalue weighted by Crippen LogP contribution is 2.18. The van der Waals surface area contributed by atoms with Gasteiger partial charge in [-0.2, -0.15) is 0 Å². The van der Waals surface area contributed by atoms with E-state index in [4.69, 9.17) is 15.2 Å². The van der Waals surface area contributed by atoms with Crippen LogP contribution in [0.25, 0.3) is 5.65 Å². The summed E-state index contributed by atoms with van der Waals surface area (Å²) in [4.78, 5) is 29.9. The molecular weight excluding hydrogens is 375 g/mol. The number of ether oxygens (including phenoxy) is 2. The minimum absolute atomic E-state index is 0.0168. The van der Waals surface area contributed by atoms with Crippen LogP contribution in [0.3, 0.4) is 0 Å². The molecule has 4 N–H and O–H groups in total. The van der Waals surface area contributed by atoms with Crippen LogP contribution in [0.1, 0.15) is 33.4 Å². The molecule has 0 fully saturated rings. The molecule has 27 heavy (non-hydrogen) atoms. The lowest BCUT2D eigenvalue weighted by molar-refractivity contribution is -0.148. The van der Waals surface area contributed by atoms with E-state index in [1.54, 1.807) is 27.7 Å². The molecule has 2 unspecified atom stereocenters. The number of hydrogen-bond donors (Lipinski definition) is 3. The lowest BCUT2D eigenvalue weighted by Crippen LogP contribution is -2.33. The number of fused-ring (bicyclic) bond motifs is 1. The van der Waals surface area contributed by atoms with Crippen molar-refractivity contribution in [2.45, 2.75) is 52.4 Å². The maximum absolute atomic E-state index is 12.1. The Labute approximate surface area is 156 Å². The van der Waals surface area contributed by atoms with Crippen LogP contribution in [-0.4, -0.2) is 50.1 Å². The van der Waals surface area contributed by atoms with Gasteiger partial charge in [0, 0.05) is 6.42 Å². The highest BCUT2D eigenvalue weighted by Gasteiger charge is 2.18. The molecule has 150 valence electrons. The van der Waals surface area contributed by atoms with Crippen molar-refractivity contribution in [1.82, 2.24) is 24.7 Å². The topological polar surface area (TPSA) is 154 Å². The molecule has 2 aromatic rings. The van der Waals surface area contributed by atoms with Crippen molar-refractivity contribution in [2.75, 3.05) is 12.1 Å². The summed E-state index contributed by atoms with van der Waals surface area (Å²) in [7, 11) is -2.33. The zero-order valence-electron chi connectivity index (χ0n) is 15.7. The first-order valence-electron chi connectivity index (χ1n) is 8.51. The Kier molecular flexibility index (Phi) is 7.11. The fraction of sp³-hybridized carbons (Fsp3) is 0.600. The van der Waals surface area contributed by atoms with Crippen molar-refractivity contribution < 1.29 is 18.8 Å². The molecule has 11 nitrogen and oxygen atoms in total. The summed E-state index contributed by atoms with van der Waals surface area (Å²) < 4.78 is 24.1. The third-order valence-corrected chi connectivity index (χ3v) is 4.72. The number of carbonyl (C=O) groups excluding carboxylic acids is 1. The second kappa shape index (κ2) is 9.12. The second-order valence-electron chi connectivity index (χ2n) is 6.42. The number of esters is 1. The number of aromatic nitrogens is 4. The van der Waals surface area contributed by atoms with Gasteiger partial charge < -0.3 is 19.8 Å². The molecule has 0 aliphatic carbocycles. The predicted octanol–water partition coefficient (Wildman–Crippen LogP) is 0.309. The van der Waals surface area contributed by atoms with Crippen LogP contribution in [0.5, 0.6) is 0 Å². The van der Waals surface area contributed by atoms with E-state index in [-0.39, 0.29) is 30.2 Å². The van der Waals surface area contributed by atoms with E-state index in [2.05, 4.69) is 20.2 Å². The minimum atomic E-state index is -2.33. The highest BCUT2D eigenvalue weighted by atomic mass is 31.1. The predicted molar refractivity (Wildman–Crippen MR) is 100.0 cm³/mol. The normalized spacial score (nSPS) is 15.0. The van der Waals surface area contributed by atoms with Crippen LogP contribution in [0.15, 0.2) is 11.0 Å². The van der Waals surface area contributed by atoms with Gasteiger partial charge in [-0.25, -0.2) is 9.50 Å². The summed E-state index contributed by atoms with van der Waals surface area (Å²) in [6.07, 6.45) is 1.30. The SMILES string of the molecule is CC(C)OC(=O)[C@H](C)N[PH](=O)COC(C)Cc1cnc2c(=O)[nH]c(N)nn12. The van der Waals surface area contributed by atoms with E-state index in [9.17, 15) is 14.2 Å². The molecule has 0 bridgehead atoms. The molecule has 0 amide bonds. The Balaban J connectivity index is 1.88. The molecular formula is C15H25N6O5P. The summed E-state index contributed by atoms with van der Waals surface area (Å²) in [6.45, 7) is 6.87. The van der Waals surface area contributed by atoms with Crippen LogP contribution in [0.2, 0.25) is 0 Å². The van der Waals surface area contributed by atoms with Crippen molar-refractivity contribution in [3.05, 3.63) is 22.2 Å². The maximum Gasteiger partial charge on any atom is 0.323 e. The van der Waals surface area contributed by atoms with Crippen LogP contribution in [0, 0.1) is 0 Å². The number of nitrogen functional groups attached to an aromatic ring is 1. The van der Waals surface area contributed by atoms with Crippen LogP contribution in [-0.2, 0) is 25.3 Å². The third kappa shape index (κ3) is 5.88. The molecule has 0 spiro atoms. The van der Waals surface area contributed by atoms with Crippen LogP contribution < -0.4 is 16.4 Å². The molecule has 0 saturated heterocycles. The first-order valence-corrected chi connectivity index (χ1v) is 10.1. The molecule has 2 rings (SSSR count). The number of carbonyl (C=O) groups is 1. The van der Waals surface area contributed by atoms with Gasteiger partial charge in [-0.05, 0) is 27.7 Å². The van der Waals surface area contributed by atoms with E-state index < -0.39 is 25.5 Å². The number of imidazole rings is 1. The van der Waals surface area contributed by atoms with E-state index in [0.29, 0.717) is 12.1 Å². The highest BCUT2D eigenvalue weighted by molar-refractivity contribution is 7.42. The van der Waals surface area contributed by atoms with Crippen molar-refractivity contribution >= 4 is 25.5 Å². The fourth-order valence-corrected chi connectivity index (χ4v) is 3.46. The molecule has 0 aromatic carbocycles.